The summed E-state index contributed by atoms with van der Waals surface area (Å²) < 4.78 is 10.5. The summed E-state index contributed by atoms with van der Waals surface area (Å²) in [4.78, 5) is 29.1. The first-order chi connectivity index (χ1) is 15.0. The highest BCUT2D eigenvalue weighted by molar-refractivity contribution is 5.92. The maximum absolute atomic E-state index is 12.5. The number of carbonyl (C=O) groups excluding carboxylic acids is 2. The number of amides is 2. The fourth-order valence-electron chi connectivity index (χ4n) is 2.87. The molecular formula is C23H26N4O4. The molecule has 0 unspecified atom stereocenters. The van der Waals surface area contributed by atoms with Crippen LogP contribution in [0.5, 0.6) is 0 Å². The van der Waals surface area contributed by atoms with Crippen molar-refractivity contribution in [1.82, 2.24) is 15.5 Å². The molecule has 1 heterocycles. The van der Waals surface area contributed by atoms with Crippen LogP contribution in [0, 0.1) is 5.92 Å². The van der Waals surface area contributed by atoms with Gasteiger partial charge in [-0.3, -0.25) is 0 Å². The number of hydrogen-bond donors (Lipinski definition) is 2. The van der Waals surface area contributed by atoms with Crippen LogP contribution >= 0.6 is 0 Å². The Labute approximate surface area is 181 Å². The molecule has 162 valence electrons. The molecular weight excluding hydrogens is 396 g/mol. The van der Waals surface area contributed by atoms with Gasteiger partial charge < -0.3 is 19.9 Å². The van der Waals surface area contributed by atoms with Gasteiger partial charge in [-0.25, -0.2) is 9.59 Å². The van der Waals surface area contributed by atoms with Crippen molar-refractivity contribution in [1.29, 1.82) is 0 Å². The molecule has 0 aliphatic heterocycles. The largest absolute Gasteiger partial charge is 0.454 e. The maximum atomic E-state index is 12.5. The molecule has 0 fully saturated rings. The Kier molecular flexibility index (Phi) is 7.37. The fraction of sp³-hybridized carbons (Fsp3) is 0.304. The van der Waals surface area contributed by atoms with Crippen molar-refractivity contribution >= 4 is 17.7 Å². The normalized spacial score (nSPS) is 11.7. The first-order valence-electron chi connectivity index (χ1n) is 10.2. The van der Waals surface area contributed by atoms with Crippen LogP contribution in [0.3, 0.4) is 0 Å². The molecule has 2 N–H and O–H groups in total. The van der Waals surface area contributed by atoms with Gasteiger partial charge in [0.05, 0.1) is 0 Å². The van der Waals surface area contributed by atoms with Gasteiger partial charge in [0.1, 0.15) is 6.04 Å². The summed E-state index contributed by atoms with van der Waals surface area (Å²) in [6.45, 7) is 5.55. The first-order valence-corrected chi connectivity index (χ1v) is 10.2. The van der Waals surface area contributed by atoms with E-state index < -0.39 is 18.0 Å². The van der Waals surface area contributed by atoms with Gasteiger partial charge in [-0.05, 0) is 30.0 Å². The van der Waals surface area contributed by atoms with Gasteiger partial charge in [0.25, 0.3) is 5.89 Å². The molecule has 1 atom stereocenters. The third kappa shape index (κ3) is 6.15. The highest BCUT2D eigenvalue weighted by Gasteiger charge is 2.26. The smallest absolute Gasteiger partial charge is 0.329 e. The van der Waals surface area contributed by atoms with Crippen molar-refractivity contribution in [2.45, 2.75) is 39.8 Å². The topological polar surface area (TPSA) is 106 Å². The second kappa shape index (κ2) is 10.4. The van der Waals surface area contributed by atoms with E-state index in [1.54, 1.807) is 24.3 Å². The number of urea groups is 1. The molecule has 0 spiro atoms. The van der Waals surface area contributed by atoms with Gasteiger partial charge in [-0.1, -0.05) is 68.4 Å². The zero-order chi connectivity index (χ0) is 22.2. The van der Waals surface area contributed by atoms with E-state index in [1.807, 2.05) is 44.2 Å². The van der Waals surface area contributed by atoms with E-state index in [1.165, 1.54) is 5.56 Å². The fourth-order valence-corrected chi connectivity index (χ4v) is 2.87. The minimum Gasteiger partial charge on any atom is -0.454 e. The van der Waals surface area contributed by atoms with E-state index in [4.69, 9.17) is 9.26 Å². The van der Waals surface area contributed by atoms with Gasteiger partial charge in [0, 0.05) is 11.3 Å². The van der Waals surface area contributed by atoms with Crippen molar-refractivity contribution < 1.29 is 18.8 Å². The minimum absolute atomic E-state index is 0.177. The Balaban J connectivity index is 1.56. The minimum atomic E-state index is -0.826. The van der Waals surface area contributed by atoms with Crippen LogP contribution in [-0.4, -0.2) is 28.2 Å². The second-order valence-electron chi connectivity index (χ2n) is 7.36. The molecule has 2 aromatic carbocycles. The first kappa shape index (κ1) is 22.0. The van der Waals surface area contributed by atoms with Crippen LogP contribution in [0.4, 0.5) is 10.5 Å². The standard InChI is InChI=1S/C23H26N4O4/c1-4-16-10-12-17(13-11-16)21-25-19(31-27-21)14-30-22(28)20(15(2)3)26-23(29)24-18-8-6-5-7-9-18/h5-13,15,20H,4,14H2,1-3H3,(H2,24,26,29)/t20-/m0/s1. The maximum Gasteiger partial charge on any atom is 0.329 e. The number of para-hydroxylation sites is 1. The molecule has 2 amide bonds. The number of nitrogens with one attached hydrogen (secondary N) is 2. The predicted octanol–water partition coefficient (Wildman–Crippen LogP) is 4.19. The lowest BCUT2D eigenvalue weighted by atomic mass is 10.1. The Bertz CT molecular complexity index is 1000. The average Bonchev–Trinajstić information content (AvgIpc) is 3.25. The van der Waals surface area contributed by atoms with Crippen LogP contribution < -0.4 is 10.6 Å². The summed E-state index contributed by atoms with van der Waals surface area (Å²) in [5.74, 6) is -0.150. The summed E-state index contributed by atoms with van der Waals surface area (Å²) in [6.07, 6.45) is 0.947. The number of ether oxygens (including phenoxy) is 1. The number of rotatable bonds is 8. The number of aryl methyl sites for hydroxylation is 1. The SMILES string of the molecule is CCc1ccc(-c2noc(COC(=O)[C@@H](NC(=O)Nc3ccccc3)C(C)C)n2)cc1. The third-order valence-corrected chi connectivity index (χ3v) is 4.67. The third-order valence-electron chi connectivity index (χ3n) is 4.67. The van der Waals surface area contributed by atoms with Crippen LogP contribution in [0.25, 0.3) is 11.4 Å². The summed E-state index contributed by atoms with van der Waals surface area (Å²) in [6, 6.07) is 15.5. The molecule has 1 aromatic heterocycles. The summed E-state index contributed by atoms with van der Waals surface area (Å²) in [7, 11) is 0. The number of nitrogens with zero attached hydrogens (tertiary/aromatic N) is 2. The number of esters is 1. The van der Waals surface area contributed by atoms with E-state index in [0.717, 1.165) is 12.0 Å². The number of benzene rings is 2. The molecule has 0 radical (unpaired) electrons. The Morgan fingerprint density at radius 2 is 1.77 bits per heavy atom. The molecule has 0 saturated carbocycles. The zero-order valence-electron chi connectivity index (χ0n) is 17.8. The number of carbonyl (C=O) groups is 2. The van der Waals surface area contributed by atoms with Crippen molar-refractivity contribution in [3.8, 4) is 11.4 Å². The molecule has 31 heavy (non-hydrogen) atoms. The van der Waals surface area contributed by atoms with E-state index in [9.17, 15) is 9.59 Å². The summed E-state index contributed by atoms with van der Waals surface area (Å²) in [5.41, 5.74) is 2.66. The zero-order valence-corrected chi connectivity index (χ0v) is 17.8. The van der Waals surface area contributed by atoms with E-state index in [-0.39, 0.29) is 18.4 Å². The lowest BCUT2D eigenvalue weighted by Crippen LogP contribution is -2.47. The summed E-state index contributed by atoms with van der Waals surface area (Å²) in [5, 5.41) is 9.28. The quantitative estimate of drug-likeness (QED) is 0.527. The number of hydrogen-bond acceptors (Lipinski definition) is 6. The van der Waals surface area contributed by atoms with E-state index >= 15 is 0 Å². The van der Waals surface area contributed by atoms with Gasteiger partial charge in [0.15, 0.2) is 6.61 Å². The van der Waals surface area contributed by atoms with Crippen molar-refractivity contribution in [3.05, 3.63) is 66.1 Å². The van der Waals surface area contributed by atoms with Crippen molar-refractivity contribution in [2.24, 2.45) is 5.92 Å². The molecule has 0 aliphatic rings. The molecule has 3 rings (SSSR count). The van der Waals surface area contributed by atoms with Crippen molar-refractivity contribution in [3.63, 3.8) is 0 Å². The van der Waals surface area contributed by atoms with Crippen LogP contribution in [0.15, 0.2) is 59.1 Å². The Morgan fingerprint density at radius 1 is 1.06 bits per heavy atom. The molecule has 8 heteroatoms. The van der Waals surface area contributed by atoms with Gasteiger partial charge in [-0.15, -0.1) is 0 Å². The monoisotopic (exact) mass is 422 g/mol. The molecule has 0 aliphatic carbocycles. The molecule has 8 nitrogen and oxygen atoms in total. The Hall–Kier alpha value is -3.68. The van der Waals surface area contributed by atoms with Gasteiger partial charge in [-0.2, -0.15) is 4.98 Å². The molecule has 0 saturated heterocycles. The highest BCUT2D eigenvalue weighted by Crippen LogP contribution is 2.17. The highest BCUT2D eigenvalue weighted by atomic mass is 16.6. The predicted molar refractivity (Wildman–Crippen MR) is 116 cm³/mol. The Morgan fingerprint density at radius 3 is 2.42 bits per heavy atom. The van der Waals surface area contributed by atoms with Gasteiger partial charge >= 0.3 is 12.0 Å². The lowest BCUT2D eigenvalue weighted by molar-refractivity contribution is -0.149. The van der Waals surface area contributed by atoms with E-state index in [2.05, 4.69) is 27.7 Å². The lowest BCUT2D eigenvalue weighted by Gasteiger charge is -2.20. The summed E-state index contributed by atoms with van der Waals surface area (Å²) >= 11 is 0. The number of anilines is 1. The van der Waals surface area contributed by atoms with E-state index in [0.29, 0.717) is 11.5 Å². The van der Waals surface area contributed by atoms with Crippen LogP contribution in [0.1, 0.15) is 32.2 Å². The molecule has 3 aromatic rings. The van der Waals surface area contributed by atoms with Gasteiger partial charge in [0.2, 0.25) is 5.82 Å². The molecule has 0 bridgehead atoms. The van der Waals surface area contributed by atoms with Crippen LogP contribution in [-0.2, 0) is 22.6 Å². The second-order valence-corrected chi connectivity index (χ2v) is 7.36. The number of aromatic nitrogens is 2. The van der Waals surface area contributed by atoms with Crippen molar-refractivity contribution in [2.75, 3.05) is 5.32 Å². The van der Waals surface area contributed by atoms with Crippen LogP contribution in [0.2, 0.25) is 0 Å². The average molecular weight is 422 g/mol.